The first-order valence-electron chi connectivity index (χ1n) is 8.11. The maximum atomic E-state index is 12.9. The molecule has 1 aliphatic heterocycles. The summed E-state index contributed by atoms with van der Waals surface area (Å²) in [5, 5.41) is 0. The Hall–Kier alpha value is -1.69. The lowest BCUT2D eigenvalue weighted by molar-refractivity contribution is -0.00911. The molecule has 3 rings (SSSR count). The van der Waals surface area contributed by atoms with Crippen LogP contribution in [0.3, 0.4) is 0 Å². The van der Waals surface area contributed by atoms with Crippen molar-refractivity contribution in [2.45, 2.75) is 44.6 Å². The molecule has 120 valence electrons. The standard InChI is InChI=1S/C16H24N4O2/c1-19-10-12(18-9-14(19)21)15(22)20-8-3-2-5-13(20)16(11-17)6-4-7-16/h9-10,13H,2-8,11,17H2,1H3. The summed E-state index contributed by atoms with van der Waals surface area (Å²) in [7, 11) is 1.64. The average molecular weight is 304 g/mol. The van der Waals surface area contributed by atoms with E-state index in [1.165, 1.54) is 23.4 Å². The molecule has 6 nitrogen and oxygen atoms in total. The topological polar surface area (TPSA) is 81.2 Å². The second kappa shape index (κ2) is 5.83. The second-order valence-corrected chi connectivity index (χ2v) is 6.65. The molecule has 2 aliphatic rings. The van der Waals surface area contributed by atoms with E-state index in [9.17, 15) is 9.59 Å². The van der Waals surface area contributed by atoms with E-state index in [0.29, 0.717) is 12.2 Å². The summed E-state index contributed by atoms with van der Waals surface area (Å²) in [6, 6.07) is 0.214. The molecule has 1 saturated heterocycles. The van der Waals surface area contributed by atoms with Crippen LogP contribution in [0.1, 0.15) is 49.0 Å². The van der Waals surface area contributed by atoms with Crippen LogP contribution >= 0.6 is 0 Å². The number of piperidine rings is 1. The molecule has 1 saturated carbocycles. The molecule has 1 atom stereocenters. The summed E-state index contributed by atoms with van der Waals surface area (Å²) >= 11 is 0. The summed E-state index contributed by atoms with van der Waals surface area (Å²) in [4.78, 5) is 30.3. The predicted molar refractivity (Wildman–Crippen MR) is 83.5 cm³/mol. The lowest BCUT2D eigenvalue weighted by Crippen LogP contribution is -2.58. The molecular formula is C16H24N4O2. The molecule has 0 spiro atoms. The van der Waals surface area contributed by atoms with Crippen LogP contribution < -0.4 is 11.3 Å². The van der Waals surface area contributed by atoms with Gasteiger partial charge >= 0.3 is 0 Å². The van der Waals surface area contributed by atoms with Gasteiger partial charge in [0.1, 0.15) is 5.69 Å². The molecule has 0 bridgehead atoms. The molecule has 1 aromatic heterocycles. The minimum absolute atomic E-state index is 0.0694. The third-order valence-electron chi connectivity index (χ3n) is 5.42. The first-order chi connectivity index (χ1) is 10.6. The summed E-state index contributed by atoms with van der Waals surface area (Å²) in [6.07, 6.45) is 9.37. The van der Waals surface area contributed by atoms with E-state index < -0.39 is 0 Å². The van der Waals surface area contributed by atoms with Gasteiger partial charge in [0.25, 0.3) is 11.5 Å². The van der Waals surface area contributed by atoms with Gasteiger partial charge in [-0.25, -0.2) is 4.98 Å². The van der Waals surface area contributed by atoms with Crippen LogP contribution in [0, 0.1) is 5.41 Å². The molecule has 1 aliphatic carbocycles. The molecular weight excluding hydrogens is 280 g/mol. The minimum atomic E-state index is -0.204. The third kappa shape index (κ3) is 2.45. The molecule has 1 aromatic rings. The van der Waals surface area contributed by atoms with Crippen LogP contribution in [0.5, 0.6) is 0 Å². The van der Waals surface area contributed by atoms with Gasteiger partial charge in [-0.15, -0.1) is 0 Å². The second-order valence-electron chi connectivity index (χ2n) is 6.65. The summed E-state index contributed by atoms with van der Waals surface area (Å²) < 4.78 is 1.40. The monoisotopic (exact) mass is 304 g/mol. The number of aryl methyl sites for hydroxylation is 1. The predicted octanol–water partition coefficient (Wildman–Crippen LogP) is 0.904. The summed E-state index contributed by atoms with van der Waals surface area (Å²) in [5.41, 5.74) is 6.28. The quantitative estimate of drug-likeness (QED) is 0.899. The van der Waals surface area contributed by atoms with E-state index in [2.05, 4.69) is 4.98 Å². The van der Waals surface area contributed by atoms with Crippen LogP contribution in [-0.2, 0) is 7.05 Å². The van der Waals surface area contributed by atoms with Crippen molar-refractivity contribution in [2.24, 2.45) is 18.2 Å². The maximum Gasteiger partial charge on any atom is 0.274 e. The molecule has 1 unspecified atom stereocenters. The van der Waals surface area contributed by atoms with Gasteiger partial charge in [0.15, 0.2) is 0 Å². The van der Waals surface area contributed by atoms with Gasteiger partial charge in [-0.2, -0.15) is 0 Å². The Morgan fingerprint density at radius 1 is 1.41 bits per heavy atom. The lowest BCUT2D eigenvalue weighted by Gasteiger charge is -2.53. The molecule has 22 heavy (non-hydrogen) atoms. The third-order valence-corrected chi connectivity index (χ3v) is 5.42. The summed E-state index contributed by atoms with van der Waals surface area (Å²) in [6.45, 7) is 1.40. The molecule has 2 fully saturated rings. The van der Waals surface area contributed by atoms with Crippen molar-refractivity contribution < 1.29 is 4.79 Å². The highest BCUT2D eigenvalue weighted by atomic mass is 16.2. The van der Waals surface area contributed by atoms with E-state index in [4.69, 9.17) is 5.73 Å². The van der Waals surface area contributed by atoms with Gasteiger partial charge in [-0.3, -0.25) is 9.59 Å². The molecule has 0 aromatic carbocycles. The van der Waals surface area contributed by atoms with Gasteiger partial charge in [0.05, 0.1) is 6.20 Å². The number of aromatic nitrogens is 2. The fourth-order valence-electron chi connectivity index (χ4n) is 3.87. The van der Waals surface area contributed by atoms with Crippen molar-refractivity contribution in [1.29, 1.82) is 0 Å². The van der Waals surface area contributed by atoms with Crippen LogP contribution in [0.4, 0.5) is 0 Å². The normalized spacial score (nSPS) is 23.9. The zero-order valence-electron chi connectivity index (χ0n) is 13.1. The highest BCUT2D eigenvalue weighted by Crippen LogP contribution is 2.47. The molecule has 1 amide bonds. The van der Waals surface area contributed by atoms with Crippen molar-refractivity contribution in [3.63, 3.8) is 0 Å². The number of hydrogen-bond donors (Lipinski definition) is 1. The summed E-state index contributed by atoms with van der Waals surface area (Å²) in [5.74, 6) is -0.0694. The number of carbonyl (C=O) groups is 1. The Morgan fingerprint density at radius 3 is 2.77 bits per heavy atom. The molecule has 6 heteroatoms. The number of likely N-dealkylation sites (tertiary alicyclic amines) is 1. The largest absolute Gasteiger partial charge is 0.334 e. The van der Waals surface area contributed by atoms with Gasteiger partial charge in [-0.05, 0) is 38.6 Å². The Labute approximate surface area is 130 Å². The minimum Gasteiger partial charge on any atom is -0.334 e. The maximum absolute atomic E-state index is 12.9. The van der Waals surface area contributed by atoms with Crippen LogP contribution in [0.25, 0.3) is 0 Å². The smallest absolute Gasteiger partial charge is 0.274 e. The van der Waals surface area contributed by atoms with E-state index in [1.807, 2.05) is 4.90 Å². The van der Waals surface area contributed by atoms with Crippen molar-refractivity contribution in [3.05, 3.63) is 28.4 Å². The number of nitrogens with zero attached hydrogens (tertiary/aromatic N) is 3. The SMILES string of the molecule is Cn1cc(C(=O)N2CCCCC2C2(CN)CCC2)ncc1=O. The van der Waals surface area contributed by atoms with Crippen LogP contribution in [0.15, 0.2) is 17.2 Å². The van der Waals surface area contributed by atoms with E-state index in [1.54, 1.807) is 7.05 Å². The van der Waals surface area contributed by atoms with Crippen molar-refractivity contribution in [2.75, 3.05) is 13.1 Å². The zero-order chi connectivity index (χ0) is 15.7. The van der Waals surface area contributed by atoms with E-state index >= 15 is 0 Å². The zero-order valence-corrected chi connectivity index (χ0v) is 13.1. The van der Waals surface area contributed by atoms with Crippen molar-refractivity contribution in [1.82, 2.24) is 14.5 Å². The fourth-order valence-corrected chi connectivity index (χ4v) is 3.87. The lowest BCUT2D eigenvalue weighted by atomic mass is 9.62. The van der Waals surface area contributed by atoms with Gasteiger partial charge in [0, 0.05) is 31.2 Å². The van der Waals surface area contributed by atoms with Crippen LogP contribution in [0.2, 0.25) is 0 Å². The Bertz CT molecular complexity index is 615. The average Bonchev–Trinajstić information content (AvgIpc) is 2.49. The van der Waals surface area contributed by atoms with Gasteiger partial charge in [0.2, 0.25) is 0 Å². The molecule has 0 radical (unpaired) electrons. The number of hydrogen-bond acceptors (Lipinski definition) is 4. The number of carbonyl (C=O) groups excluding carboxylic acids is 1. The van der Waals surface area contributed by atoms with Crippen LogP contribution in [-0.4, -0.2) is 39.5 Å². The first kappa shape index (κ1) is 15.2. The number of nitrogens with two attached hydrogens (primary N) is 1. The number of amides is 1. The van der Waals surface area contributed by atoms with Gasteiger partial charge < -0.3 is 15.2 Å². The van der Waals surface area contributed by atoms with E-state index in [-0.39, 0.29) is 22.9 Å². The Kier molecular flexibility index (Phi) is 4.04. The van der Waals surface area contributed by atoms with E-state index in [0.717, 1.165) is 38.6 Å². The fraction of sp³-hybridized carbons (Fsp3) is 0.688. The number of rotatable bonds is 3. The van der Waals surface area contributed by atoms with Crippen molar-refractivity contribution in [3.8, 4) is 0 Å². The highest BCUT2D eigenvalue weighted by Gasteiger charge is 2.47. The van der Waals surface area contributed by atoms with Crippen molar-refractivity contribution >= 4 is 5.91 Å². The van der Waals surface area contributed by atoms with Gasteiger partial charge in [-0.1, -0.05) is 6.42 Å². The highest BCUT2D eigenvalue weighted by molar-refractivity contribution is 5.92. The molecule has 2 heterocycles. The Morgan fingerprint density at radius 2 is 2.18 bits per heavy atom. The first-order valence-corrected chi connectivity index (χ1v) is 8.11. The molecule has 2 N–H and O–H groups in total. The Balaban J connectivity index is 1.88.